The van der Waals surface area contributed by atoms with E-state index in [4.69, 9.17) is 0 Å². The lowest BCUT2D eigenvalue weighted by Gasteiger charge is -2.42. The summed E-state index contributed by atoms with van der Waals surface area (Å²) in [6, 6.07) is 0.455. The molecule has 0 bridgehead atoms. The highest BCUT2D eigenvalue weighted by Crippen LogP contribution is 2.39. The molecule has 4 atom stereocenters. The van der Waals surface area contributed by atoms with E-state index in [0.29, 0.717) is 22.6 Å². The van der Waals surface area contributed by atoms with E-state index in [1.54, 1.807) is 0 Å². The first kappa shape index (κ1) is 16.2. The summed E-state index contributed by atoms with van der Waals surface area (Å²) in [6.07, 6.45) is 3.57. The Labute approximate surface area is 116 Å². The van der Waals surface area contributed by atoms with Crippen molar-refractivity contribution in [1.29, 1.82) is 0 Å². The van der Waals surface area contributed by atoms with Crippen molar-refractivity contribution in [2.45, 2.75) is 77.3 Å². The van der Waals surface area contributed by atoms with E-state index in [1.165, 1.54) is 12.8 Å². The smallest absolute Gasteiger partial charge is 0.0506 e. The molecule has 0 aromatic heterocycles. The van der Waals surface area contributed by atoms with Gasteiger partial charge in [-0.05, 0) is 37.1 Å². The van der Waals surface area contributed by atoms with Crippen LogP contribution in [0.3, 0.4) is 0 Å². The Morgan fingerprint density at radius 1 is 1.28 bits per heavy atom. The van der Waals surface area contributed by atoms with Crippen molar-refractivity contribution < 1.29 is 4.21 Å². The van der Waals surface area contributed by atoms with Crippen molar-refractivity contribution in [3.05, 3.63) is 0 Å². The van der Waals surface area contributed by atoms with Crippen molar-refractivity contribution in [2.24, 2.45) is 11.3 Å². The van der Waals surface area contributed by atoms with Crippen LogP contribution in [0.1, 0.15) is 60.8 Å². The first-order valence-electron chi connectivity index (χ1n) is 7.40. The Bertz CT molecular complexity index is 283. The maximum Gasteiger partial charge on any atom is 0.0506 e. The zero-order valence-electron chi connectivity index (χ0n) is 13.0. The molecule has 0 heterocycles. The SMILES string of the molecule is CCNC1CCC(C(C)(C)C)CC1S(=O)C(C)C. The number of hydrogen-bond donors (Lipinski definition) is 1. The molecular formula is C15H31NOS. The van der Waals surface area contributed by atoms with Crippen LogP contribution in [-0.2, 0) is 10.8 Å². The summed E-state index contributed by atoms with van der Waals surface area (Å²) >= 11 is 0. The molecule has 1 saturated carbocycles. The van der Waals surface area contributed by atoms with Gasteiger partial charge >= 0.3 is 0 Å². The van der Waals surface area contributed by atoms with Gasteiger partial charge in [0.1, 0.15) is 0 Å². The van der Waals surface area contributed by atoms with Crippen molar-refractivity contribution in [2.75, 3.05) is 6.54 Å². The molecule has 1 N–H and O–H groups in total. The van der Waals surface area contributed by atoms with E-state index >= 15 is 0 Å². The third-order valence-corrected chi connectivity index (χ3v) is 6.29. The molecule has 4 unspecified atom stereocenters. The lowest BCUT2D eigenvalue weighted by Crippen LogP contribution is -2.49. The highest BCUT2D eigenvalue weighted by atomic mass is 32.2. The third kappa shape index (κ3) is 4.06. The van der Waals surface area contributed by atoms with Gasteiger partial charge in [-0.25, -0.2) is 0 Å². The molecule has 1 rings (SSSR count). The summed E-state index contributed by atoms with van der Waals surface area (Å²) < 4.78 is 12.5. The van der Waals surface area contributed by atoms with Crippen LogP contribution in [0.4, 0.5) is 0 Å². The second-order valence-electron chi connectivity index (χ2n) is 6.96. The maximum absolute atomic E-state index is 12.5. The first-order valence-corrected chi connectivity index (χ1v) is 8.67. The van der Waals surface area contributed by atoms with E-state index in [-0.39, 0.29) is 5.25 Å². The molecule has 1 aliphatic carbocycles. The summed E-state index contributed by atoms with van der Waals surface area (Å²) in [5.41, 5.74) is 0.344. The van der Waals surface area contributed by atoms with Crippen LogP contribution >= 0.6 is 0 Å². The highest BCUT2D eigenvalue weighted by molar-refractivity contribution is 7.86. The van der Waals surface area contributed by atoms with Gasteiger partial charge in [0, 0.05) is 22.1 Å². The van der Waals surface area contributed by atoms with E-state index < -0.39 is 10.8 Å². The summed E-state index contributed by atoms with van der Waals surface area (Å²) in [6.45, 7) is 14.3. The second kappa shape index (κ2) is 6.51. The number of rotatable bonds is 4. The lowest BCUT2D eigenvalue weighted by molar-refractivity contribution is 0.164. The quantitative estimate of drug-likeness (QED) is 0.851. The molecule has 108 valence electrons. The molecule has 0 amide bonds. The van der Waals surface area contributed by atoms with Crippen molar-refractivity contribution >= 4 is 10.8 Å². The predicted molar refractivity (Wildman–Crippen MR) is 81.3 cm³/mol. The Hall–Kier alpha value is 0.110. The predicted octanol–water partition coefficient (Wildman–Crippen LogP) is 3.34. The Kier molecular flexibility index (Phi) is 5.85. The van der Waals surface area contributed by atoms with Crippen LogP contribution in [0.15, 0.2) is 0 Å². The van der Waals surface area contributed by atoms with Crippen LogP contribution in [0.2, 0.25) is 0 Å². The van der Waals surface area contributed by atoms with Gasteiger partial charge in [-0.3, -0.25) is 4.21 Å². The minimum atomic E-state index is -0.708. The summed E-state index contributed by atoms with van der Waals surface area (Å²) in [7, 11) is -0.708. The monoisotopic (exact) mass is 273 g/mol. The van der Waals surface area contributed by atoms with Crippen LogP contribution in [0.5, 0.6) is 0 Å². The van der Waals surface area contributed by atoms with E-state index in [2.05, 4.69) is 46.9 Å². The molecule has 3 heteroatoms. The Morgan fingerprint density at radius 2 is 1.89 bits per heavy atom. The van der Waals surface area contributed by atoms with Gasteiger partial charge in [0.15, 0.2) is 0 Å². The van der Waals surface area contributed by atoms with Crippen LogP contribution < -0.4 is 5.32 Å². The fraction of sp³-hybridized carbons (Fsp3) is 1.00. The van der Waals surface area contributed by atoms with Gasteiger partial charge in [-0.1, -0.05) is 41.5 Å². The molecule has 0 aromatic carbocycles. The largest absolute Gasteiger partial charge is 0.313 e. The normalized spacial score (nSPS) is 31.6. The number of nitrogens with one attached hydrogen (secondary N) is 1. The standard InChI is InChI=1S/C15H31NOS/c1-7-16-13-9-8-12(15(4,5)6)10-14(13)18(17)11(2)3/h11-14,16H,7-10H2,1-6H3. The highest BCUT2D eigenvalue weighted by Gasteiger charge is 2.38. The van der Waals surface area contributed by atoms with Gasteiger partial charge in [-0.2, -0.15) is 0 Å². The molecule has 0 radical (unpaired) electrons. The van der Waals surface area contributed by atoms with Crippen molar-refractivity contribution in [3.8, 4) is 0 Å². The minimum absolute atomic E-state index is 0.273. The summed E-state index contributed by atoms with van der Waals surface area (Å²) in [4.78, 5) is 0. The van der Waals surface area contributed by atoms with Gasteiger partial charge in [0.25, 0.3) is 0 Å². The third-order valence-electron chi connectivity index (χ3n) is 4.25. The van der Waals surface area contributed by atoms with Crippen LogP contribution in [0, 0.1) is 11.3 Å². The topological polar surface area (TPSA) is 29.1 Å². The van der Waals surface area contributed by atoms with Gasteiger partial charge < -0.3 is 5.32 Å². The lowest BCUT2D eigenvalue weighted by atomic mass is 9.71. The second-order valence-corrected chi connectivity index (χ2v) is 9.16. The molecule has 0 aliphatic heterocycles. The molecular weight excluding hydrogens is 242 g/mol. The molecule has 0 aromatic rings. The van der Waals surface area contributed by atoms with Gasteiger partial charge in [0.05, 0.1) is 5.25 Å². The summed E-state index contributed by atoms with van der Waals surface area (Å²) in [5, 5.41) is 4.16. The van der Waals surface area contributed by atoms with Crippen molar-refractivity contribution in [1.82, 2.24) is 5.32 Å². The minimum Gasteiger partial charge on any atom is -0.313 e. The van der Waals surface area contributed by atoms with E-state index in [0.717, 1.165) is 13.0 Å². The average Bonchev–Trinajstić information content (AvgIpc) is 2.27. The first-order chi connectivity index (χ1) is 8.27. The molecule has 18 heavy (non-hydrogen) atoms. The zero-order valence-corrected chi connectivity index (χ0v) is 13.8. The molecule has 0 saturated heterocycles. The molecule has 1 fully saturated rings. The van der Waals surface area contributed by atoms with Crippen LogP contribution in [0.25, 0.3) is 0 Å². The van der Waals surface area contributed by atoms with Gasteiger partial charge in [-0.15, -0.1) is 0 Å². The molecule has 2 nitrogen and oxygen atoms in total. The van der Waals surface area contributed by atoms with E-state index in [1.807, 2.05) is 0 Å². The molecule has 1 aliphatic rings. The van der Waals surface area contributed by atoms with Crippen LogP contribution in [-0.4, -0.2) is 27.3 Å². The van der Waals surface area contributed by atoms with E-state index in [9.17, 15) is 4.21 Å². The molecule has 0 spiro atoms. The fourth-order valence-corrected chi connectivity index (χ4v) is 4.70. The Balaban J connectivity index is 2.79. The average molecular weight is 273 g/mol. The summed E-state index contributed by atoms with van der Waals surface area (Å²) in [5.74, 6) is 0.708. The maximum atomic E-state index is 12.5. The van der Waals surface area contributed by atoms with Gasteiger partial charge in [0.2, 0.25) is 0 Å². The van der Waals surface area contributed by atoms with Crippen molar-refractivity contribution in [3.63, 3.8) is 0 Å². The Morgan fingerprint density at radius 3 is 2.33 bits per heavy atom. The number of hydrogen-bond acceptors (Lipinski definition) is 2. The fourth-order valence-electron chi connectivity index (χ4n) is 3.02. The zero-order chi connectivity index (χ0) is 13.9.